The molecule has 1 fully saturated rings. The highest BCUT2D eigenvalue weighted by Gasteiger charge is 2.33. The highest BCUT2D eigenvalue weighted by atomic mass is 19.4. The molecule has 1 unspecified atom stereocenters. The molecule has 0 radical (unpaired) electrons. The zero-order valence-corrected chi connectivity index (χ0v) is 10.5. The molecule has 8 heteroatoms. The summed E-state index contributed by atoms with van der Waals surface area (Å²) in [5.74, 6) is -0.362. The van der Waals surface area contributed by atoms with Crippen LogP contribution in [0.2, 0.25) is 0 Å². The van der Waals surface area contributed by atoms with Gasteiger partial charge < -0.3 is 14.8 Å². The Morgan fingerprint density at radius 2 is 2.11 bits per heavy atom. The molecule has 1 aromatic heterocycles. The van der Waals surface area contributed by atoms with Crippen LogP contribution in [-0.2, 0) is 15.7 Å². The van der Waals surface area contributed by atoms with Crippen LogP contribution in [0.4, 0.5) is 19.0 Å². The van der Waals surface area contributed by atoms with E-state index in [1.807, 2.05) is 0 Å². The fourth-order valence-electron chi connectivity index (χ4n) is 1.66. The molecule has 0 aromatic carbocycles. The number of hydrogen-bond acceptors (Lipinski definition) is 5. The third kappa shape index (κ3) is 3.77. The summed E-state index contributed by atoms with van der Waals surface area (Å²) in [6.07, 6.45) is -4.64. The summed E-state index contributed by atoms with van der Waals surface area (Å²) in [4.78, 5) is 0. The molecule has 106 valence electrons. The minimum atomic E-state index is -4.47. The first-order chi connectivity index (χ1) is 8.76. The van der Waals surface area contributed by atoms with Crippen molar-refractivity contribution in [2.45, 2.75) is 31.9 Å². The summed E-state index contributed by atoms with van der Waals surface area (Å²) in [7, 11) is 0. The molecular weight excluding hydrogens is 263 g/mol. The predicted molar refractivity (Wildman–Crippen MR) is 60.4 cm³/mol. The van der Waals surface area contributed by atoms with Gasteiger partial charge in [-0.3, -0.25) is 0 Å². The van der Waals surface area contributed by atoms with Crippen LogP contribution in [0, 0.1) is 0 Å². The Hall–Kier alpha value is -1.41. The normalized spacial score (nSPS) is 22.5. The first kappa shape index (κ1) is 14.0. The summed E-state index contributed by atoms with van der Waals surface area (Å²) in [6, 6.07) is 2.11. The lowest BCUT2D eigenvalue weighted by Crippen LogP contribution is -2.26. The molecule has 1 aliphatic rings. The Bertz CT molecular complexity index is 434. The van der Waals surface area contributed by atoms with Gasteiger partial charge in [0.15, 0.2) is 11.5 Å². The third-order valence-corrected chi connectivity index (χ3v) is 2.53. The summed E-state index contributed by atoms with van der Waals surface area (Å²) in [5.41, 5.74) is -1.01. The Kier molecular flexibility index (Phi) is 3.64. The van der Waals surface area contributed by atoms with Crippen molar-refractivity contribution in [2.75, 3.05) is 18.5 Å². The van der Waals surface area contributed by atoms with Crippen LogP contribution in [0.5, 0.6) is 0 Å². The van der Waals surface area contributed by atoms with Gasteiger partial charge in [0, 0.05) is 6.54 Å². The largest absolute Gasteiger partial charge is 0.435 e. The van der Waals surface area contributed by atoms with Gasteiger partial charge in [-0.1, -0.05) is 0 Å². The standard InChI is InChI=1S/C11H14F3N3O2/c1-10(2)18-6-7(19-10)5-15-9-4-3-8(16-17-9)11(12,13)14/h3-4,7H,5-6H2,1-2H3,(H,15,17). The van der Waals surface area contributed by atoms with Crippen molar-refractivity contribution >= 4 is 5.82 Å². The molecule has 0 amide bonds. The number of halogens is 3. The van der Waals surface area contributed by atoms with Crippen molar-refractivity contribution in [1.82, 2.24) is 10.2 Å². The average Bonchev–Trinajstić information content (AvgIpc) is 2.66. The lowest BCUT2D eigenvalue weighted by atomic mass is 10.3. The SMILES string of the molecule is CC1(C)OCC(CNc2ccc(C(F)(F)F)nn2)O1. The van der Waals surface area contributed by atoms with Gasteiger partial charge in [0.05, 0.1) is 6.61 Å². The fourth-order valence-corrected chi connectivity index (χ4v) is 1.66. The van der Waals surface area contributed by atoms with Crippen LogP contribution in [0.1, 0.15) is 19.5 Å². The van der Waals surface area contributed by atoms with E-state index >= 15 is 0 Å². The monoisotopic (exact) mass is 277 g/mol. The number of alkyl halides is 3. The molecule has 19 heavy (non-hydrogen) atoms. The smallest absolute Gasteiger partial charge is 0.366 e. The summed E-state index contributed by atoms with van der Waals surface area (Å²) in [6.45, 7) is 4.41. The molecule has 2 rings (SSSR count). The number of rotatable bonds is 3. The van der Waals surface area contributed by atoms with Crippen molar-refractivity contribution in [3.8, 4) is 0 Å². The molecule has 1 aromatic rings. The van der Waals surface area contributed by atoms with Gasteiger partial charge >= 0.3 is 6.18 Å². The molecule has 0 bridgehead atoms. The van der Waals surface area contributed by atoms with Crippen molar-refractivity contribution in [1.29, 1.82) is 0 Å². The molecule has 1 N–H and O–H groups in total. The van der Waals surface area contributed by atoms with Crippen molar-refractivity contribution in [3.05, 3.63) is 17.8 Å². The molecule has 0 spiro atoms. The lowest BCUT2D eigenvalue weighted by molar-refractivity contribution is -0.141. The van der Waals surface area contributed by atoms with E-state index in [1.165, 1.54) is 6.07 Å². The highest BCUT2D eigenvalue weighted by molar-refractivity contribution is 5.33. The topological polar surface area (TPSA) is 56.3 Å². The fraction of sp³-hybridized carbons (Fsp3) is 0.636. The van der Waals surface area contributed by atoms with Crippen LogP contribution < -0.4 is 5.32 Å². The van der Waals surface area contributed by atoms with Crippen LogP contribution in [-0.4, -0.2) is 35.2 Å². The van der Waals surface area contributed by atoms with Crippen molar-refractivity contribution < 1.29 is 22.6 Å². The van der Waals surface area contributed by atoms with E-state index in [0.29, 0.717) is 13.2 Å². The van der Waals surface area contributed by atoms with E-state index in [2.05, 4.69) is 15.5 Å². The second-order valence-electron chi connectivity index (χ2n) is 4.63. The predicted octanol–water partition coefficient (Wildman–Crippen LogP) is 2.06. The van der Waals surface area contributed by atoms with E-state index in [0.717, 1.165) is 6.07 Å². The van der Waals surface area contributed by atoms with E-state index in [4.69, 9.17) is 9.47 Å². The molecule has 5 nitrogen and oxygen atoms in total. The van der Waals surface area contributed by atoms with Crippen LogP contribution >= 0.6 is 0 Å². The number of hydrogen-bond donors (Lipinski definition) is 1. The second kappa shape index (κ2) is 4.93. The molecule has 1 aliphatic heterocycles. The average molecular weight is 277 g/mol. The minimum Gasteiger partial charge on any atom is -0.366 e. The zero-order valence-electron chi connectivity index (χ0n) is 10.5. The maximum absolute atomic E-state index is 12.3. The molecule has 1 atom stereocenters. The van der Waals surface area contributed by atoms with Crippen LogP contribution in [0.3, 0.4) is 0 Å². The number of nitrogens with zero attached hydrogens (tertiary/aromatic N) is 2. The number of aromatic nitrogens is 2. The van der Waals surface area contributed by atoms with Gasteiger partial charge in [0.1, 0.15) is 11.9 Å². The van der Waals surface area contributed by atoms with E-state index < -0.39 is 17.7 Å². The second-order valence-corrected chi connectivity index (χ2v) is 4.63. The van der Waals surface area contributed by atoms with Crippen molar-refractivity contribution in [2.24, 2.45) is 0 Å². The quantitative estimate of drug-likeness (QED) is 0.916. The van der Waals surface area contributed by atoms with Gasteiger partial charge in [0.25, 0.3) is 0 Å². The molecule has 0 aliphatic carbocycles. The van der Waals surface area contributed by atoms with Crippen molar-refractivity contribution in [3.63, 3.8) is 0 Å². The summed E-state index contributed by atoms with van der Waals surface area (Å²) in [5, 5.41) is 9.44. The molecule has 0 saturated carbocycles. The van der Waals surface area contributed by atoms with Gasteiger partial charge in [-0.15, -0.1) is 10.2 Å². The van der Waals surface area contributed by atoms with Crippen LogP contribution in [0.25, 0.3) is 0 Å². The lowest BCUT2D eigenvalue weighted by Gasteiger charge is -2.17. The molecular formula is C11H14F3N3O2. The molecule has 2 heterocycles. The van der Waals surface area contributed by atoms with Gasteiger partial charge in [-0.05, 0) is 26.0 Å². The van der Waals surface area contributed by atoms with Gasteiger partial charge in [-0.2, -0.15) is 13.2 Å². The highest BCUT2D eigenvalue weighted by Crippen LogP contribution is 2.27. The number of ether oxygens (including phenoxy) is 2. The van der Waals surface area contributed by atoms with E-state index in [-0.39, 0.29) is 11.9 Å². The third-order valence-electron chi connectivity index (χ3n) is 2.53. The maximum atomic E-state index is 12.3. The number of anilines is 1. The first-order valence-corrected chi connectivity index (χ1v) is 5.73. The Labute approximate surface area is 108 Å². The Balaban J connectivity index is 1.87. The maximum Gasteiger partial charge on any atom is 0.435 e. The minimum absolute atomic E-state index is 0.168. The first-order valence-electron chi connectivity index (χ1n) is 5.73. The summed E-state index contributed by atoms with van der Waals surface area (Å²) >= 11 is 0. The molecule has 1 saturated heterocycles. The van der Waals surface area contributed by atoms with E-state index in [9.17, 15) is 13.2 Å². The van der Waals surface area contributed by atoms with Gasteiger partial charge in [-0.25, -0.2) is 0 Å². The van der Waals surface area contributed by atoms with E-state index in [1.54, 1.807) is 13.8 Å². The van der Waals surface area contributed by atoms with Crippen LogP contribution in [0.15, 0.2) is 12.1 Å². The number of nitrogens with one attached hydrogen (secondary N) is 1. The summed E-state index contributed by atoms with van der Waals surface area (Å²) < 4.78 is 47.7. The van der Waals surface area contributed by atoms with Gasteiger partial charge in [0.2, 0.25) is 0 Å². The Morgan fingerprint density at radius 3 is 2.58 bits per heavy atom. The Morgan fingerprint density at radius 1 is 1.37 bits per heavy atom. The zero-order chi connectivity index (χ0) is 14.1.